The molecule has 4 amide bonds. The van der Waals surface area contributed by atoms with Crippen LogP contribution in [0.4, 0.5) is 15.3 Å². The predicted molar refractivity (Wildman–Crippen MR) is 270 cm³/mol. The predicted octanol–water partition coefficient (Wildman–Crippen LogP) is 6.22. The van der Waals surface area contributed by atoms with Gasteiger partial charge >= 0.3 is 18.1 Å². The fourth-order valence-corrected chi connectivity index (χ4v) is 11.1. The number of nitrogens with one attached hydrogen (secondary N) is 1. The van der Waals surface area contributed by atoms with Crippen LogP contribution in [0.1, 0.15) is 98.4 Å². The molecule has 3 saturated heterocycles. The Kier molecular flexibility index (Phi) is 20.6. The number of ether oxygens (including phenoxy) is 7. The standard InChI is InChI=1S/C51H75Cl2N5O15/c1-13-38-51(9)43(58(49(66)73-51)18-15-21-69-37-23-32(16-17-36(37)67-11)45(63)55-39-33(52)25-54-26-34(39)53)29(5)40(60)27(3)24-50(8,68-12)44(30(6)41(61)31(7)46(64)71-38)72-47-42(62)35(22-28(4)70-47)56(10)48(65)57(14-2)19-20-59/h16-17,23,25-31,35,38,41-44,47,59,61-62H,13-15,18-22,24H2,1-12H3,(H,54,55,63)/t27-,28-,29+,30+,31-,35+,38-,41+,42-,43-,44-,47+,50-,51-/m1/s1. The molecule has 2 aromatic rings. The van der Waals surface area contributed by atoms with E-state index in [9.17, 15) is 39.3 Å². The zero-order valence-electron chi connectivity index (χ0n) is 44.0. The molecule has 3 aliphatic rings. The number of urea groups is 1. The quantitative estimate of drug-likeness (QED) is 0.108. The van der Waals surface area contributed by atoms with Gasteiger partial charge in [-0.15, -0.1) is 0 Å². The van der Waals surface area contributed by atoms with E-state index in [1.807, 2.05) is 0 Å². The Morgan fingerprint density at radius 2 is 1.66 bits per heavy atom. The molecule has 20 nitrogen and oxygen atoms in total. The summed E-state index contributed by atoms with van der Waals surface area (Å²) in [6, 6.07) is 2.45. The second kappa shape index (κ2) is 25.3. The van der Waals surface area contributed by atoms with Crippen molar-refractivity contribution in [1.82, 2.24) is 19.7 Å². The van der Waals surface area contributed by atoms with Gasteiger partial charge in [-0.2, -0.15) is 0 Å². The molecule has 408 valence electrons. The molecule has 73 heavy (non-hydrogen) atoms. The number of methoxy groups -OCH3 is 2. The highest BCUT2D eigenvalue weighted by Crippen LogP contribution is 2.44. The third kappa shape index (κ3) is 12.9. The van der Waals surface area contributed by atoms with E-state index in [1.165, 1.54) is 60.4 Å². The van der Waals surface area contributed by atoms with Gasteiger partial charge < -0.3 is 68.5 Å². The topological polar surface area (TPSA) is 245 Å². The molecule has 0 saturated carbocycles. The number of amides is 4. The molecule has 3 fully saturated rings. The lowest BCUT2D eigenvalue weighted by molar-refractivity contribution is -0.300. The number of anilines is 1. The van der Waals surface area contributed by atoms with Crippen LogP contribution in [-0.4, -0.2) is 179 Å². The number of benzene rings is 1. The van der Waals surface area contributed by atoms with Gasteiger partial charge in [0.05, 0.1) is 78.0 Å². The molecule has 3 aliphatic heterocycles. The van der Waals surface area contributed by atoms with Crippen molar-refractivity contribution >= 4 is 58.7 Å². The Labute approximate surface area is 438 Å². The summed E-state index contributed by atoms with van der Waals surface area (Å²) in [6.45, 7) is 15.6. The number of likely N-dealkylation sites (N-methyl/N-ethyl adjacent to an activating group) is 2. The van der Waals surface area contributed by atoms with E-state index in [4.69, 9.17) is 56.4 Å². The number of pyridine rings is 1. The Balaban J connectivity index is 1.42. The molecule has 4 heterocycles. The second-order valence-corrected chi connectivity index (χ2v) is 20.7. The average molecular weight is 1070 g/mol. The van der Waals surface area contributed by atoms with Crippen molar-refractivity contribution in [3.63, 3.8) is 0 Å². The molecule has 0 bridgehead atoms. The number of nitrogens with zero attached hydrogens (tertiary/aromatic N) is 4. The fraction of sp³-hybridized carbons (Fsp3) is 0.686. The first-order valence-electron chi connectivity index (χ1n) is 24.9. The third-order valence-corrected chi connectivity index (χ3v) is 15.4. The normalized spacial score (nSPS) is 32.2. The molecule has 0 radical (unpaired) electrons. The van der Waals surface area contributed by atoms with Gasteiger partial charge in [-0.1, -0.05) is 50.9 Å². The van der Waals surface area contributed by atoms with Crippen molar-refractivity contribution in [3.8, 4) is 11.5 Å². The molecular formula is C51H75Cl2N5O15. The molecule has 5 rings (SSSR count). The molecule has 0 unspecified atom stereocenters. The Hall–Kier alpha value is -4.54. The molecule has 1 aromatic carbocycles. The fourth-order valence-electron chi connectivity index (χ4n) is 10.7. The highest BCUT2D eigenvalue weighted by molar-refractivity contribution is 6.39. The van der Waals surface area contributed by atoms with Crippen LogP contribution in [-0.2, 0) is 33.3 Å². The number of ketones is 1. The maximum atomic E-state index is 15.0. The number of cyclic esters (lactones) is 1. The number of rotatable bonds is 16. The highest BCUT2D eigenvalue weighted by Gasteiger charge is 2.60. The summed E-state index contributed by atoms with van der Waals surface area (Å²) in [5.74, 6) is -4.79. The zero-order valence-corrected chi connectivity index (χ0v) is 45.5. The van der Waals surface area contributed by atoms with Gasteiger partial charge in [0.15, 0.2) is 23.4 Å². The number of carbonyl (C=O) groups excluding carboxylic acids is 5. The van der Waals surface area contributed by atoms with E-state index in [0.29, 0.717) is 12.3 Å². The molecule has 1 aromatic heterocycles. The summed E-state index contributed by atoms with van der Waals surface area (Å²) in [5, 5.41) is 36.6. The van der Waals surface area contributed by atoms with Crippen molar-refractivity contribution in [2.45, 2.75) is 148 Å². The van der Waals surface area contributed by atoms with Crippen LogP contribution < -0.4 is 14.8 Å². The Morgan fingerprint density at radius 1 is 0.986 bits per heavy atom. The lowest BCUT2D eigenvalue weighted by Gasteiger charge is -2.48. The third-order valence-electron chi connectivity index (χ3n) is 14.9. The monoisotopic (exact) mass is 1070 g/mol. The largest absolute Gasteiger partial charge is 0.493 e. The number of fused-ring (bicyclic) bond motifs is 1. The van der Waals surface area contributed by atoms with E-state index < -0.39 is 108 Å². The zero-order chi connectivity index (χ0) is 54.3. The number of aromatic nitrogens is 1. The van der Waals surface area contributed by atoms with Crippen LogP contribution in [0.5, 0.6) is 11.5 Å². The Bertz CT molecular complexity index is 2240. The van der Waals surface area contributed by atoms with Crippen LogP contribution in [0, 0.1) is 23.7 Å². The summed E-state index contributed by atoms with van der Waals surface area (Å²) in [7, 11) is 4.46. The smallest absolute Gasteiger partial charge is 0.410 e. The number of carbonyl (C=O) groups is 5. The number of hydrogen-bond acceptors (Lipinski definition) is 16. The summed E-state index contributed by atoms with van der Waals surface area (Å²) in [4.78, 5) is 78.4. The van der Waals surface area contributed by atoms with Crippen LogP contribution in [0.2, 0.25) is 10.0 Å². The van der Waals surface area contributed by atoms with E-state index >= 15 is 0 Å². The van der Waals surface area contributed by atoms with Crippen molar-refractivity contribution in [3.05, 3.63) is 46.2 Å². The molecule has 0 spiro atoms. The van der Waals surface area contributed by atoms with Crippen molar-refractivity contribution < 1.29 is 72.5 Å². The van der Waals surface area contributed by atoms with Crippen LogP contribution >= 0.6 is 23.2 Å². The first kappa shape index (κ1) is 59.3. The van der Waals surface area contributed by atoms with E-state index in [-0.39, 0.29) is 84.8 Å². The van der Waals surface area contributed by atoms with Crippen LogP contribution in [0.15, 0.2) is 30.6 Å². The number of aliphatic hydroxyl groups excluding tert-OH is 3. The lowest BCUT2D eigenvalue weighted by Crippen LogP contribution is -2.62. The number of Topliss-reactive ketones (excluding diaryl/α,β-unsaturated/α-hetero) is 1. The molecule has 0 aliphatic carbocycles. The minimum atomic E-state index is -1.54. The summed E-state index contributed by atoms with van der Waals surface area (Å²) in [5.41, 5.74) is -2.54. The van der Waals surface area contributed by atoms with Crippen molar-refractivity contribution in [1.29, 1.82) is 0 Å². The van der Waals surface area contributed by atoms with E-state index in [1.54, 1.807) is 68.5 Å². The van der Waals surface area contributed by atoms with Crippen LogP contribution in [0.25, 0.3) is 0 Å². The molecule has 14 atom stereocenters. The van der Waals surface area contributed by atoms with Crippen molar-refractivity contribution in [2.75, 3.05) is 59.4 Å². The van der Waals surface area contributed by atoms with Gasteiger partial charge in [-0.3, -0.25) is 19.4 Å². The van der Waals surface area contributed by atoms with Gasteiger partial charge in [-0.25, -0.2) is 9.59 Å². The maximum Gasteiger partial charge on any atom is 0.410 e. The first-order chi connectivity index (χ1) is 34.4. The van der Waals surface area contributed by atoms with Gasteiger partial charge in [0.25, 0.3) is 5.91 Å². The number of halogens is 2. The maximum absolute atomic E-state index is 15.0. The highest BCUT2D eigenvalue weighted by atomic mass is 35.5. The first-order valence-corrected chi connectivity index (χ1v) is 25.7. The molecule has 4 N–H and O–H groups in total. The average Bonchev–Trinajstić information content (AvgIpc) is 3.63. The number of hydrogen-bond donors (Lipinski definition) is 4. The van der Waals surface area contributed by atoms with Gasteiger partial charge in [-0.05, 0) is 78.5 Å². The van der Waals surface area contributed by atoms with Gasteiger partial charge in [0.1, 0.15) is 18.0 Å². The summed E-state index contributed by atoms with van der Waals surface area (Å²) < 4.78 is 43.2. The van der Waals surface area contributed by atoms with Gasteiger partial charge in [0, 0.05) is 69.5 Å². The van der Waals surface area contributed by atoms with E-state index in [2.05, 4.69) is 10.3 Å². The minimum Gasteiger partial charge on any atom is -0.493 e. The minimum absolute atomic E-state index is 0.0187. The van der Waals surface area contributed by atoms with E-state index in [0.717, 1.165) is 0 Å². The van der Waals surface area contributed by atoms with Crippen LogP contribution in [0.3, 0.4) is 0 Å². The molecule has 22 heteroatoms. The van der Waals surface area contributed by atoms with Gasteiger partial charge in [0.2, 0.25) is 0 Å². The number of esters is 1. The number of aliphatic hydroxyl groups is 3. The Morgan fingerprint density at radius 3 is 2.26 bits per heavy atom. The second-order valence-electron chi connectivity index (χ2n) is 19.8. The lowest BCUT2D eigenvalue weighted by atomic mass is 9.73. The SMILES string of the molecule is CC[C@H]1OC(=O)[C@H](C)[C@@H](O)[C@H](C)[C@@H](O[C@@H]2O[C@H](C)C[C@H](N(C)C(=O)N(CC)CCO)[C@H]2O)[C@](C)(OC)C[C@@H](C)C(=O)[C@H](C)[C@H]2N(CCCOc3cc(C(=O)Nc4c(Cl)cncc4Cl)ccc3OC)C(=O)O[C@]12C. The molecular weight excluding hydrogens is 993 g/mol. The summed E-state index contributed by atoms with van der Waals surface area (Å²) in [6.07, 6.45) is -4.27. The van der Waals surface area contributed by atoms with Crippen molar-refractivity contribution in [2.24, 2.45) is 23.7 Å². The summed E-state index contributed by atoms with van der Waals surface area (Å²) >= 11 is 12.5.